The van der Waals surface area contributed by atoms with E-state index in [1.807, 2.05) is 0 Å². The molecule has 0 aromatic heterocycles. The Hall–Kier alpha value is -1.13. The summed E-state index contributed by atoms with van der Waals surface area (Å²) in [4.78, 5) is 0. The summed E-state index contributed by atoms with van der Waals surface area (Å²) in [5.74, 6) is 1.91. The maximum atomic E-state index is 6.48. The minimum absolute atomic E-state index is 0. The Morgan fingerprint density at radius 1 is 0.737 bits per heavy atom. The van der Waals surface area contributed by atoms with Gasteiger partial charge in [0.15, 0.2) is 0 Å². The molecule has 4 heteroatoms. The first-order valence-corrected chi connectivity index (χ1v) is 17.1. The van der Waals surface area contributed by atoms with Crippen molar-refractivity contribution in [1.29, 1.82) is 0 Å². The molecule has 0 aliphatic heterocycles. The van der Waals surface area contributed by atoms with Gasteiger partial charge in [0.1, 0.15) is 16.8 Å². The van der Waals surface area contributed by atoms with E-state index in [9.17, 15) is 0 Å². The van der Waals surface area contributed by atoms with Crippen molar-refractivity contribution in [1.82, 2.24) is 0 Å². The fraction of sp³-hybridized carbons (Fsp3) is 0.588. The smallest absolute Gasteiger partial charge is 0.490 e. The van der Waals surface area contributed by atoms with Crippen LogP contribution in [-0.4, -0.2) is 29.7 Å². The minimum atomic E-state index is -1.52. The molecule has 2 aromatic rings. The Morgan fingerprint density at radius 3 is 1.71 bits per heavy atom. The van der Waals surface area contributed by atoms with E-state index in [0.717, 1.165) is 28.4 Å². The van der Waals surface area contributed by atoms with Gasteiger partial charge in [0.25, 0.3) is 0 Å². The second-order valence-electron chi connectivity index (χ2n) is 11.7. The van der Waals surface area contributed by atoms with E-state index < -0.39 is 7.26 Å². The Bertz CT molecular complexity index is 973. The zero-order valence-corrected chi connectivity index (χ0v) is 26.8. The molecule has 210 valence electrons. The van der Waals surface area contributed by atoms with Crippen molar-refractivity contribution < 1.29 is 29.9 Å². The number of hydrogen-bond donors (Lipinski definition) is 0. The predicted octanol–water partition coefficient (Wildman–Crippen LogP) is 9.81. The van der Waals surface area contributed by atoms with Crippen LogP contribution in [0.25, 0.3) is 11.1 Å². The van der Waals surface area contributed by atoms with E-state index in [1.54, 1.807) is 5.30 Å². The van der Waals surface area contributed by atoms with Gasteiger partial charge in [-0.05, 0) is 104 Å². The minimum Gasteiger partial charge on any atom is -0.490 e. The molecular formula is C34H50O2PPd+3. The first-order chi connectivity index (χ1) is 18.0. The van der Waals surface area contributed by atoms with Gasteiger partial charge >= 0.3 is 20.4 Å². The van der Waals surface area contributed by atoms with Gasteiger partial charge in [-0.3, -0.25) is 0 Å². The molecule has 0 N–H and O–H groups in total. The summed E-state index contributed by atoms with van der Waals surface area (Å²) in [7, 11) is -1.52. The van der Waals surface area contributed by atoms with Crippen LogP contribution in [0, 0.1) is 0 Å². The number of allylic oxidation sites excluding steroid dienone is 2. The number of rotatable bonds is 10. The first kappa shape index (κ1) is 31.4. The molecular weight excluding hydrogens is 578 g/mol. The molecule has 4 rings (SSSR count). The summed E-state index contributed by atoms with van der Waals surface area (Å²) in [6, 6.07) is 15.8. The van der Waals surface area contributed by atoms with Crippen LogP contribution < -0.4 is 14.8 Å². The van der Waals surface area contributed by atoms with E-state index in [2.05, 4.69) is 89.2 Å². The van der Waals surface area contributed by atoms with Crippen molar-refractivity contribution in [2.75, 3.05) is 6.16 Å². The van der Waals surface area contributed by atoms with E-state index in [4.69, 9.17) is 9.47 Å². The van der Waals surface area contributed by atoms with Crippen LogP contribution in [0.1, 0.15) is 98.8 Å². The van der Waals surface area contributed by atoms with Crippen LogP contribution in [0.4, 0.5) is 0 Å². The van der Waals surface area contributed by atoms with Gasteiger partial charge in [-0.2, -0.15) is 0 Å². The first-order valence-electron chi connectivity index (χ1n) is 15.0. The molecule has 0 atom stereocenters. The maximum absolute atomic E-state index is 6.48. The van der Waals surface area contributed by atoms with Crippen LogP contribution in [0.2, 0.25) is 0 Å². The predicted molar refractivity (Wildman–Crippen MR) is 163 cm³/mol. The Balaban J connectivity index is 0.00000400. The zero-order valence-electron chi connectivity index (χ0n) is 24.4. The molecule has 0 saturated heterocycles. The van der Waals surface area contributed by atoms with Crippen molar-refractivity contribution in [3.8, 4) is 22.6 Å². The summed E-state index contributed by atoms with van der Waals surface area (Å²) in [6.45, 7) is 10.7. The maximum Gasteiger partial charge on any atom is 2.00 e. The van der Waals surface area contributed by atoms with Crippen molar-refractivity contribution >= 4 is 12.6 Å². The summed E-state index contributed by atoms with van der Waals surface area (Å²) in [6.07, 6.45) is 20.3. The van der Waals surface area contributed by atoms with E-state index in [0.29, 0.717) is 0 Å². The molecule has 0 unspecified atom stereocenters. The number of hydrogen-bond acceptors (Lipinski definition) is 2. The van der Waals surface area contributed by atoms with Gasteiger partial charge in [-0.15, -0.1) is 0 Å². The monoisotopic (exact) mass is 627 g/mol. The van der Waals surface area contributed by atoms with E-state index in [-0.39, 0.29) is 32.6 Å². The second kappa shape index (κ2) is 15.0. The zero-order chi connectivity index (χ0) is 26.3. The largest absolute Gasteiger partial charge is 2.00 e. The molecule has 2 aliphatic carbocycles. The van der Waals surface area contributed by atoms with Crippen LogP contribution in [0.15, 0.2) is 54.6 Å². The van der Waals surface area contributed by atoms with Gasteiger partial charge < -0.3 is 9.47 Å². The molecule has 0 bridgehead atoms. The average Bonchev–Trinajstić information content (AvgIpc) is 2.90. The van der Waals surface area contributed by atoms with E-state index >= 15 is 0 Å². The normalized spacial score (nSPS) is 17.7. The summed E-state index contributed by atoms with van der Waals surface area (Å²) < 4.78 is 13.0. The van der Waals surface area contributed by atoms with Crippen LogP contribution >= 0.6 is 7.26 Å². The second-order valence-corrected chi connectivity index (χ2v) is 15.9. The summed E-state index contributed by atoms with van der Waals surface area (Å²) >= 11 is 0. The summed E-state index contributed by atoms with van der Waals surface area (Å²) in [5, 5.41) is 1.64. The molecule has 2 nitrogen and oxygen atoms in total. The van der Waals surface area contributed by atoms with Crippen LogP contribution in [0.5, 0.6) is 11.5 Å². The molecule has 0 amide bonds. The van der Waals surface area contributed by atoms with E-state index in [1.165, 1.54) is 75.9 Å². The van der Waals surface area contributed by atoms with Gasteiger partial charge in [0.05, 0.1) is 42.5 Å². The Morgan fingerprint density at radius 2 is 1.24 bits per heavy atom. The number of ether oxygens (including phenoxy) is 2. The van der Waals surface area contributed by atoms with Crippen molar-refractivity contribution in [2.45, 2.75) is 122 Å². The molecule has 0 spiro atoms. The van der Waals surface area contributed by atoms with Gasteiger partial charge in [-0.25, -0.2) is 0 Å². The van der Waals surface area contributed by atoms with Gasteiger partial charge in [0, 0.05) is 5.56 Å². The molecule has 2 aliphatic rings. The molecule has 38 heavy (non-hydrogen) atoms. The molecule has 0 radical (unpaired) electrons. The standard InChI is InChI=1S/C34H50O2P.Pd/c1-6-7-25-37(28-17-10-8-11-18-28,29-19-12-9-13-20-29)33-24-15-14-21-30(33)34-31(35-26(2)3)22-16-23-32(34)36-27(4)5;/h6-7,14-16,21-24,26-29H,8-13,17-20,25H2,1-5H3;/q+1;+2. The molecule has 2 saturated carbocycles. The Kier molecular flexibility index (Phi) is 12.4. The van der Waals surface area contributed by atoms with Gasteiger partial charge in [-0.1, -0.05) is 49.3 Å². The SMILES string of the molecule is CC=CC[P+](c1ccccc1-c1c(OC(C)C)cccc1OC(C)C)(C1CCCCC1)C1CCCCC1.[Pd+2]. The topological polar surface area (TPSA) is 18.5 Å². The molecule has 2 aromatic carbocycles. The fourth-order valence-electron chi connectivity index (χ4n) is 6.98. The quantitative estimate of drug-likeness (QED) is 0.148. The average molecular weight is 628 g/mol. The van der Waals surface area contributed by atoms with Gasteiger partial charge in [0.2, 0.25) is 0 Å². The summed E-state index contributed by atoms with van der Waals surface area (Å²) in [5.41, 5.74) is 4.18. The van der Waals surface area contributed by atoms with Crippen molar-refractivity contribution in [3.05, 3.63) is 54.6 Å². The van der Waals surface area contributed by atoms with Crippen molar-refractivity contribution in [3.63, 3.8) is 0 Å². The Labute approximate surface area is 247 Å². The molecule has 2 fully saturated rings. The van der Waals surface area contributed by atoms with Crippen LogP contribution in [0.3, 0.4) is 0 Å². The third kappa shape index (κ3) is 7.14. The van der Waals surface area contributed by atoms with Crippen LogP contribution in [-0.2, 0) is 20.4 Å². The third-order valence-electron chi connectivity index (χ3n) is 8.43. The number of benzene rings is 2. The fourth-order valence-corrected chi connectivity index (χ4v) is 13.3. The van der Waals surface area contributed by atoms with Crippen molar-refractivity contribution in [2.24, 2.45) is 0 Å². The molecule has 0 heterocycles. The third-order valence-corrected chi connectivity index (χ3v) is 14.2.